The maximum Gasteiger partial charge on any atom is 0.325 e. The summed E-state index contributed by atoms with van der Waals surface area (Å²) in [6.45, 7) is 2.61. The molecule has 0 saturated carbocycles. The van der Waals surface area contributed by atoms with Gasteiger partial charge >= 0.3 is 5.97 Å². The van der Waals surface area contributed by atoms with Crippen LogP contribution < -0.4 is 14.8 Å². The zero-order chi connectivity index (χ0) is 14.1. The summed E-state index contributed by atoms with van der Waals surface area (Å²) in [6.07, 6.45) is 1.63. The molecule has 1 aliphatic heterocycles. The molecule has 1 atom stereocenters. The highest BCUT2D eigenvalue weighted by Gasteiger charge is 2.17. The second-order valence-corrected chi connectivity index (χ2v) is 4.58. The van der Waals surface area contributed by atoms with E-state index < -0.39 is 12.0 Å². The second-order valence-electron chi connectivity index (χ2n) is 4.58. The number of anilines is 1. The van der Waals surface area contributed by atoms with E-state index in [0.717, 1.165) is 10.8 Å². The lowest BCUT2D eigenvalue weighted by Crippen LogP contribution is -2.26. The van der Waals surface area contributed by atoms with Gasteiger partial charge in [0.2, 0.25) is 0 Å². The van der Waals surface area contributed by atoms with Gasteiger partial charge in [-0.15, -0.1) is 0 Å². The number of ether oxygens (including phenoxy) is 2. The largest absolute Gasteiger partial charge is 0.486 e. The number of nitrogens with one attached hydrogen (secondary N) is 1. The third-order valence-electron chi connectivity index (χ3n) is 3.15. The number of benzene rings is 1. The zero-order valence-corrected chi connectivity index (χ0v) is 10.9. The highest BCUT2D eigenvalue weighted by molar-refractivity contribution is 5.95. The number of carboxylic acid groups (broad SMARTS) is 1. The van der Waals surface area contributed by atoms with Crippen molar-refractivity contribution in [2.75, 3.05) is 18.5 Å². The van der Waals surface area contributed by atoms with E-state index in [4.69, 9.17) is 14.6 Å². The average molecular weight is 274 g/mol. The van der Waals surface area contributed by atoms with Crippen LogP contribution in [-0.4, -0.2) is 35.3 Å². The third kappa shape index (κ3) is 2.20. The SMILES string of the molecule is CC(Nc1nccc2cc3c(cc12)OCCO3)C(=O)O. The number of fused-ring (bicyclic) bond motifs is 2. The molecule has 0 bridgehead atoms. The monoisotopic (exact) mass is 274 g/mol. The van der Waals surface area contributed by atoms with Crippen LogP contribution in [0.15, 0.2) is 24.4 Å². The van der Waals surface area contributed by atoms with Gasteiger partial charge in [-0.25, -0.2) is 4.98 Å². The Morgan fingerprint density at radius 3 is 2.75 bits per heavy atom. The highest BCUT2D eigenvalue weighted by Crippen LogP contribution is 2.36. The highest BCUT2D eigenvalue weighted by atomic mass is 16.6. The number of carbonyl (C=O) groups is 1. The smallest absolute Gasteiger partial charge is 0.325 e. The van der Waals surface area contributed by atoms with Crippen LogP contribution in [0.25, 0.3) is 10.8 Å². The Kier molecular flexibility index (Phi) is 3.06. The van der Waals surface area contributed by atoms with Crippen LogP contribution in [0.5, 0.6) is 11.5 Å². The van der Waals surface area contributed by atoms with Crippen LogP contribution in [0.4, 0.5) is 5.82 Å². The molecule has 6 heteroatoms. The number of nitrogens with zero attached hydrogens (tertiary/aromatic N) is 1. The summed E-state index contributed by atoms with van der Waals surface area (Å²) < 4.78 is 11.1. The maximum atomic E-state index is 10.9. The molecule has 1 aromatic heterocycles. The Morgan fingerprint density at radius 1 is 1.35 bits per heavy atom. The Balaban J connectivity index is 2.06. The van der Waals surface area contributed by atoms with E-state index in [0.29, 0.717) is 30.5 Å². The lowest BCUT2D eigenvalue weighted by Gasteiger charge is -2.20. The van der Waals surface area contributed by atoms with Gasteiger partial charge in [0.25, 0.3) is 0 Å². The van der Waals surface area contributed by atoms with Gasteiger partial charge in [0.05, 0.1) is 0 Å². The fourth-order valence-electron chi connectivity index (χ4n) is 2.09. The Bertz CT molecular complexity index is 672. The summed E-state index contributed by atoms with van der Waals surface area (Å²) in [5, 5.41) is 13.6. The molecule has 1 unspecified atom stereocenters. The first-order valence-corrected chi connectivity index (χ1v) is 6.33. The number of hydrogen-bond acceptors (Lipinski definition) is 5. The van der Waals surface area contributed by atoms with E-state index in [1.807, 2.05) is 18.2 Å². The predicted molar refractivity (Wildman–Crippen MR) is 73.5 cm³/mol. The first-order valence-electron chi connectivity index (χ1n) is 6.33. The van der Waals surface area contributed by atoms with Crippen LogP contribution in [0.1, 0.15) is 6.92 Å². The molecule has 3 rings (SSSR count). The Labute approximate surface area is 115 Å². The summed E-state index contributed by atoms with van der Waals surface area (Å²) in [5.74, 6) is 0.950. The van der Waals surface area contributed by atoms with Gasteiger partial charge in [-0.05, 0) is 30.5 Å². The lowest BCUT2D eigenvalue weighted by molar-refractivity contribution is -0.137. The van der Waals surface area contributed by atoms with Gasteiger partial charge in [-0.1, -0.05) is 0 Å². The number of carboxylic acids is 1. The molecule has 0 aliphatic carbocycles. The van der Waals surface area contributed by atoms with E-state index in [1.165, 1.54) is 0 Å². The molecule has 0 saturated heterocycles. The van der Waals surface area contributed by atoms with E-state index in [2.05, 4.69) is 10.3 Å². The van der Waals surface area contributed by atoms with Crippen LogP contribution in [-0.2, 0) is 4.79 Å². The van der Waals surface area contributed by atoms with E-state index in [1.54, 1.807) is 13.1 Å². The number of rotatable bonds is 3. The molecule has 1 aromatic carbocycles. The van der Waals surface area contributed by atoms with Crippen molar-refractivity contribution in [1.82, 2.24) is 4.98 Å². The van der Waals surface area contributed by atoms with Crippen LogP contribution in [0.2, 0.25) is 0 Å². The molecule has 0 amide bonds. The van der Waals surface area contributed by atoms with Gasteiger partial charge in [-0.3, -0.25) is 4.79 Å². The molecule has 0 radical (unpaired) electrons. The molecule has 20 heavy (non-hydrogen) atoms. The summed E-state index contributed by atoms with van der Waals surface area (Å²) in [6, 6.07) is 4.83. The zero-order valence-electron chi connectivity index (χ0n) is 10.9. The summed E-state index contributed by atoms with van der Waals surface area (Å²) >= 11 is 0. The molecule has 1 aliphatic rings. The van der Waals surface area contributed by atoms with Crippen molar-refractivity contribution in [3.63, 3.8) is 0 Å². The number of aromatic nitrogens is 1. The van der Waals surface area contributed by atoms with Gasteiger partial charge in [-0.2, -0.15) is 0 Å². The van der Waals surface area contributed by atoms with Crippen molar-refractivity contribution >= 4 is 22.6 Å². The average Bonchev–Trinajstić information content (AvgIpc) is 2.45. The molecule has 2 aromatic rings. The summed E-state index contributed by atoms with van der Waals surface area (Å²) in [7, 11) is 0. The van der Waals surface area contributed by atoms with Crippen LogP contribution >= 0.6 is 0 Å². The minimum absolute atomic E-state index is 0.507. The van der Waals surface area contributed by atoms with E-state index >= 15 is 0 Å². The van der Waals surface area contributed by atoms with Crippen molar-refractivity contribution in [2.24, 2.45) is 0 Å². The van der Waals surface area contributed by atoms with Crippen molar-refractivity contribution in [2.45, 2.75) is 13.0 Å². The first kappa shape index (κ1) is 12.5. The molecule has 0 spiro atoms. The molecular formula is C14H14N2O4. The van der Waals surface area contributed by atoms with Crippen molar-refractivity contribution < 1.29 is 19.4 Å². The predicted octanol–water partition coefficient (Wildman–Crippen LogP) is 1.89. The minimum Gasteiger partial charge on any atom is -0.486 e. The van der Waals surface area contributed by atoms with Crippen molar-refractivity contribution in [3.8, 4) is 11.5 Å². The first-order chi connectivity index (χ1) is 9.65. The number of aliphatic carboxylic acids is 1. The molecule has 104 valence electrons. The number of pyridine rings is 1. The van der Waals surface area contributed by atoms with Crippen LogP contribution in [0, 0.1) is 0 Å². The Hall–Kier alpha value is -2.50. The van der Waals surface area contributed by atoms with Crippen molar-refractivity contribution in [3.05, 3.63) is 24.4 Å². The van der Waals surface area contributed by atoms with E-state index in [-0.39, 0.29) is 0 Å². The third-order valence-corrected chi connectivity index (χ3v) is 3.15. The topological polar surface area (TPSA) is 80.7 Å². The van der Waals surface area contributed by atoms with Gasteiger partial charge in [0.1, 0.15) is 25.1 Å². The molecular weight excluding hydrogens is 260 g/mol. The lowest BCUT2D eigenvalue weighted by atomic mass is 10.1. The molecule has 0 fully saturated rings. The van der Waals surface area contributed by atoms with Crippen LogP contribution in [0.3, 0.4) is 0 Å². The summed E-state index contributed by atoms with van der Waals surface area (Å²) in [4.78, 5) is 15.1. The minimum atomic E-state index is -0.929. The van der Waals surface area contributed by atoms with Gasteiger partial charge < -0.3 is 19.9 Å². The fraction of sp³-hybridized carbons (Fsp3) is 0.286. The second kappa shape index (κ2) is 4.88. The maximum absolute atomic E-state index is 10.9. The fourth-order valence-corrected chi connectivity index (χ4v) is 2.09. The Morgan fingerprint density at radius 2 is 2.05 bits per heavy atom. The normalized spacial score (nSPS) is 14.8. The van der Waals surface area contributed by atoms with Crippen molar-refractivity contribution in [1.29, 1.82) is 0 Å². The summed E-state index contributed by atoms with van der Waals surface area (Å²) in [5.41, 5.74) is 0. The molecule has 6 nitrogen and oxygen atoms in total. The van der Waals surface area contributed by atoms with Gasteiger partial charge in [0.15, 0.2) is 11.5 Å². The molecule has 2 heterocycles. The quantitative estimate of drug-likeness (QED) is 0.889. The van der Waals surface area contributed by atoms with E-state index in [9.17, 15) is 4.79 Å². The van der Waals surface area contributed by atoms with Gasteiger partial charge in [0, 0.05) is 11.6 Å². The number of hydrogen-bond donors (Lipinski definition) is 2. The standard InChI is InChI=1S/C14H14N2O4/c1-8(14(17)18)16-13-10-7-12-11(19-4-5-20-12)6-9(10)2-3-15-13/h2-3,6-8H,4-5H2,1H3,(H,15,16)(H,17,18). The molecule has 2 N–H and O–H groups in total.